The molecule has 2 fully saturated rings. The summed E-state index contributed by atoms with van der Waals surface area (Å²) >= 11 is 0. The van der Waals surface area contributed by atoms with Gasteiger partial charge >= 0.3 is 0 Å². The molecule has 2 heterocycles. The Bertz CT molecular complexity index is 1200. The van der Waals surface area contributed by atoms with Crippen molar-refractivity contribution in [3.63, 3.8) is 0 Å². The smallest absolute Gasteiger partial charge is 0.270 e. The van der Waals surface area contributed by atoms with E-state index in [1.54, 1.807) is 36.6 Å². The van der Waals surface area contributed by atoms with Crippen LogP contribution in [0.5, 0.6) is 0 Å². The first-order chi connectivity index (χ1) is 18.0. The van der Waals surface area contributed by atoms with E-state index in [1.165, 1.54) is 0 Å². The van der Waals surface area contributed by atoms with Crippen LogP contribution in [0.3, 0.4) is 0 Å². The molecule has 1 aromatic carbocycles. The predicted octanol–water partition coefficient (Wildman–Crippen LogP) is 3.19. The number of nitrogens with zero attached hydrogens (tertiary/aromatic N) is 3. The molecule has 38 heavy (non-hydrogen) atoms. The largest absolute Gasteiger partial charge is 0.343 e. The van der Waals surface area contributed by atoms with E-state index in [9.17, 15) is 23.2 Å². The molecule has 208 valence electrons. The highest BCUT2D eigenvalue weighted by Crippen LogP contribution is 2.30. The summed E-state index contributed by atoms with van der Waals surface area (Å²) in [5.41, 5.74) is 0.765. The van der Waals surface area contributed by atoms with E-state index in [2.05, 4.69) is 10.6 Å². The van der Waals surface area contributed by atoms with E-state index >= 15 is 0 Å². The minimum atomic E-state index is -0.962. The molecule has 1 aromatic heterocycles. The van der Waals surface area contributed by atoms with Gasteiger partial charge in [0.05, 0.1) is 11.6 Å². The van der Waals surface area contributed by atoms with E-state index in [4.69, 9.17) is 0 Å². The zero-order chi connectivity index (χ0) is 27.7. The maximum Gasteiger partial charge on any atom is 0.270 e. The van der Waals surface area contributed by atoms with Gasteiger partial charge in [0, 0.05) is 43.7 Å². The maximum atomic E-state index is 14.0. The quantitative estimate of drug-likeness (QED) is 0.600. The Morgan fingerprint density at radius 3 is 2.18 bits per heavy atom. The van der Waals surface area contributed by atoms with Gasteiger partial charge in [-0.3, -0.25) is 14.4 Å². The van der Waals surface area contributed by atoms with Gasteiger partial charge in [-0.2, -0.15) is 0 Å². The Kier molecular flexibility index (Phi) is 8.40. The summed E-state index contributed by atoms with van der Waals surface area (Å²) in [6.07, 6.45) is 5.01. The molecule has 4 rings (SSSR count). The average Bonchev–Trinajstić information content (AvgIpc) is 3.21. The molecular formula is C28H39F2N5O3. The van der Waals surface area contributed by atoms with Crippen LogP contribution in [0.2, 0.25) is 0 Å². The summed E-state index contributed by atoms with van der Waals surface area (Å²) in [5, 5.41) is 6.42. The number of rotatable bonds is 6. The first kappa shape index (κ1) is 28.0. The molecule has 3 amide bonds. The Balaban J connectivity index is 1.53. The molecule has 2 aromatic rings. The fraction of sp³-hybridized carbons (Fsp3) is 0.607. The van der Waals surface area contributed by atoms with Gasteiger partial charge in [0.1, 0.15) is 11.7 Å². The number of nitrogens with one attached hydrogen (secondary N) is 2. The van der Waals surface area contributed by atoms with Crippen LogP contribution in [0.1, 0.15) is 63.4 Å². The molecule has 2 aliphatic rings. The van der Waals surface area contributed by atoms with Crippen LogP contribution < -0.4 is 10.6 Å². The van der Waals surface area contributed by atoms with Crippen molar-refractivity contribution in [2.24, 2.45) is 13.0 Å². The van der Waals surface area contributed by atoms with Gasteiger partial charge in [-0.05, 0) is 58.7 Å². The second kappa shape index (κ2) is 11.4. The topological polar surface area (TPSA) is 86.7 Å². The van der Waals surface area contributed by atoms with Gasteiger partial charge in [-0.25, -0.2) is 8.78 Å². The molecule has 1 aliphatic carbocycles. The van der Waals surface area contributed by atoms with Crippen molar-refractivity contribution in [2.45, 2.75) is 77.0 Å². The molecule has 2 N–H and O–H groups in total. The molecule has 0 bridgehead atoms. The number of amides is 3. The Labute approximate surface area is 222 Å². The van der Waals surface area contributed by atoms with Crippen molar-refractivity contribution in [3.05, 3.63) is 35.5 Å². The number of aromatic nitrogens is 1. The highest BCUT2D eigenvalue weighted by Gasteiger charge is 2.41. The predicted molar refractivity (Wildman–Crippen MR) is 142 cm³/mol. The Hall–Kier alpha value is -3.01. The van der Waals surface area contributed by atoms with E-state index < -0.39 is 23.7 Å². The van der Waals surface area contributed by atoms with Crippen molar-refractivity contribution < 1.29 is 23.2 Å². The van der Waals surface area contributed by atoms with Gasteiger partial charge < -0.3 is 25.0 Å². The summed E-state index contributed by atoms with van der Waals surface area (Å²) in [6.45, 7) is 6.23. The van der Waals surface area contributed by atoms with E-state index in [0.29, 0.717) is 29.7 Å². The lowest BCUT2D eigenvalue weighted by molar-refractivity contribution is -0.145. The normalized spacial score (nSPS) is 22.4. The molecular weight excluding hydrogens is 492 g/mol. The van der Waals surface area contributed by atoms with Crippen molar-refractivity contribution in [1.82, 2.24) is 25.0 Å². The van der Waals surface area contributed by atoms with Crippen LogP contribution in [0.4, 0.5) is 8.78 Å². The van der Waals surface area contributed by atoms with Crippen LogP contribution in [0.15, 0.2) is 18.2 Å². The molecule has 1 saturated carbocycles. The minimum Gasteiger partial charge on any atom is -0.343 e. The molecule has 1 saturated heterocycles. The Morgan fingerprint density at radius 2 is 1.58 bits per heavy atom. The zero-order valence-corrected chi connectivity index (χ0v) is 22.9. The van der Waals surface area contributed by atoms with Gasteiger partial charge in [-0.1, -0.05) is 19.3 Å². The summed E-state index contributed by atoms with van der Waals surface area (Å²) < 4.78 is 29.1. The highest BCUT2D eigenvalue weighted by molar-refractivity contribution is 5.99. The van der Waals surface area contributed by atoms with Crippen LogP contribution in [0, 0.1) is 17.6 Å². The van der Waals surface area contributed by atoms with Crippen LogP contribution in [-0.2, 0) is 16.6 Å². The lowest BCUT2D eigenvalue weighted by Crippen LogP contribution is -2.64. The number of likely N-dealkylation sites (N-methyl/N-ethyl adjacent to an activating group) is 1. The van der Waals surface area contributed by atoms with Gasteiger partial charge in [0.2, 0.25) is 11.8 Å². The number of benzene rings is 1. The summed E-state index contributed by atoms with van der Waals surface area (Å²) in [7, 11) is 3.37. The first-order valence-corrected chi connectivity index (χ1v) is 13.6. The number of piperazine rings is 1. The Morgan fingerprint density at radius 1 is 0.974 bits per heavy atom. The number of carbonyl (C=O) groups is 3. The number of aryl methyl sites for hydroxylation is 1. The minimum absolute atomic E-state index is 0.0832. The summed E-state index contributed by atoms with van der Waals surface area (Å²) in [5.74, 6) is -2.39. The molecule has 0 radical (unpaired) electrons. The van der Waals surface area contributed by atoms with E-state index in [-0.39, 0.29) is 35.7 Å². The third-order valence-electron chi connectivity index (χ3n) is 8.28. The maximum absolute atomic E-state index is 14.0. The average molecular weight is 532 g/mol. The fourth-order valence-electron chi connectivity index (χ4n) is 6.04. The fourth-order valence-corrected chi connectivity index (χ4v) is 6.04. The number of halogens is 2. The molecule has 4 atom stereocenters. The van der Waals surface area contributed by atoms with Crippen molar-refractivity contribution in [2.75, 3.05) is 20.1 Å². The third-order valence-corrected chi connectivity index (χ3v) is 8.28. The van der Waals surface area contributed by atoms with Crippen LogP contribution in [0.25, 0.3) is 10.9 Å². The number of carbonyl (C=O) groups excluding carboxylic acids is 3. The second-order valence-electron chi connectivity index (χ2n) is 11.0. The van der Waals surface area contributed by atoms with Crippen molar-refractivity contribution in [3.8, 4) is 0 Å². The van der Waals surface area contributed by atoms with Crippen LogP contribution in [-0.4, -0.2) is 76.4 Å². The molecule has 1 aliphatic heterocycles. The lowest BCUT2D eigenvalue weighted by atomic mass is 9.82. The van der Waals surface area contributed by atoms with Gasteiger partial charge in [0.15, 0.2) is 11.6 Å². The number of fused-ring (bicyclic) bond motifs is 1. The van der Waals surface area contributed by atoms with Gasteiger partial charge in [-0.15, -0.1) is 0 Å². The van der Waals surface area contributed by atoms with E-state index in [0.717, 1.165) is 44.2 Å². The first-order valence-electron chi connectivity index (χ1n) is 13.6. The lowest BCUT2D eigenvalue weighted by Gasteiger charge is -2.46. The van der Waals surface area contributed by atoms with E-state index in [1.807, 2.05) is 18.7 Å². The molecule has 1 unspecified atom stereocenters. The van der Waals surface area contributed by atoms with Crippen LogP contribution >= 0.6 is 0 Å². The highest BCUT2D eigenvalue weighted by atomic mass is 19.2. The number of hydrogen-bond acceptors (Lipinski definition) is 4. The van der Waals surface area contributed by atoms with Gasteiger partial charge in [0.25, 0.3) is 5.91 Å². The number of hydrogen-bond donors (Lipinski definition) is 2. The third kappa shape index (κ3) is 5.41. The molecule has 8 nitrogen and oxygen atoms in total. The SMILES string of the molecule is CN[C@@H](C)C(=O)NC(C(=O)N1[C@H](C)CN(C(=O)c2cc3cc(F)c(F)cc3n2C)C[C@@H]1C)C1CCCCC1. The summed E-state index contributed by atoms with van der Waals surface area (Å²) in [6, 6.07) is 2.20. The standard InChI is InChI=1S/C28H39F2N5O3/c1-16-14-34(27(37)24-12-20-11-21(29)22(30)13-23(20)33(24)5)15-17(2)35(16)28(38)25(19-9-7-6-8-10-19)32-26(36)18(3)31-4/h11-13,16-19,25,31H,6-10,14-15H2,1-5H3,(H,32,36)/t16-,17+,18-,25?/m0/s1. The van der Waals surface area contributed by atoms with Crippen molar-refractivity contribution in [1.29, 1.82) is 0 Å². The molecule has 10 heteroatoms. The van der Waals surface area contributed by atoms with Crippen molar-refractivity contribution >= 4 is 28.6 Å². The monoisotopic (exact) mass is 531 g/mol. The molecule has 0 spiro atoms. The summed E-state index contributed by atoms with van der Waals surface area (Å²) in [4.78, 5) is 43.8. The second-order valence-corrected chi connectivity index (χ2v) is 11.0. The zero-order valence-electron chi connectivity index (χ0n) is 22.9.